The van der Waals surface area contributed by atoms with Crippen LogP contribution < -0.4 is 25.6 Å². The first kappa shape index (κ1) is 26.5. The van der Waals surface area contributed by atoms with Crippen LogP contribution in [0.25, 0.3) is 0 Å². The molecule has 0 unspecified atom stereocenters. The number of carbonyl (C=O) groups excluding carboxylic acids is 2. The normalized spacial score (nSPS) is 22.4. The number of hydrogen-bond acceptors (Lipinski definition) is 9. The molecule has 2 aromatic rings. The molecule has 38 heavy (non-hydrogen) atoms. The highest BCUT2D eigenvalue weighted by molar-refractivity contribution is 7.15. The summed E-state index contributed by atoms with van der Waals surface area (Å²) in [6.07, 6.45) is 6.04. The molecule has 11 nitrogen and oxygen atoms in total. The third-order valence-corrected chi connectivity index (χ3v) is 8.49. The molecule has 3 N–H and O–H groups in total. The Balaban J connectivity index is 1.18. The Morgan fingerprint density at radius 2 is 2.00 bits per heavy atom. The Hall–Kier alpha value is -3.13. The lowest BCUT2D eigenvalue weighted by Gasteiger charge is -2.50. The van der Waals surface area contributed by atoms with E-state index in [1.54, 1.807) is 11.1 Å². The number of halogens is 2. The van der Waals surface area contributed by atoms with Gasteiger partial charge in [-0.15, -0.1) is 11.3 Å². The van der Waals surface area contributed by atoms with Gasteiger partial charge in [-0.1, -0.05) is 0 Å². The molecule has 2 aliphatic heterocycles. The summed E-state index contributed by atoms with van der Waals surface area (Å²) in [6, 6.07) is -0.580. The van der Waals surface area contributed by atoms with Crippen molar-refractivity contribution >= 4 is 34.5 Å². The van der Waals surface area contributed by atoms with Crippen LogP contribution in [0, 0.1) is 12.3 Å². The predicted molar refractivity (Wildman–Crippen MR) is 138 cm³/mol. The summed E-state index contributed by atoms with van der Waals surface area (Å²) in [5.41, 5.74) is 0.321. The lowest BCUT2D eigenvalue weighted by Crippen LogP contribution is -2.60. The van der Waals surface area contributed by atoms with Gasteiger partial charge in [-0.05, 0) is 51.1 Å². The maximum atomic E-state index is 14.9. The van der Waals surface area contributed by atoms with Crippen LogP contribution in [-0.2, 0) is 0 Å². The molecule has 0 bridgehead atoms. The van der Waals surface area contributed by atoms with Crippen LogP contribution in [0.3, 0.4) is 0 Å². The van der Waals surface area contributed by atoms with E-state index in [4.69, 9.17) is 4.74 Å². The van der Waals surface area contributed by atoms with Crippen molar-refractivity contribution in [3.05, 3.63) is 23.3 Å². The van der Waals surface area contributed by atoms with Crippen molar-refractivity contribution in [1.82, 2.24) is 30.5 Å². The fourth-order valence-corrected chi connectivity index (χ4v) is 6.15. The van der Waals surface area contributed by atoms with Gasteiger partial charge < -0.3 is 25.2 Å². The summed E-state index contributed by atoms with van der Waals surface area (Å²) in [7, 11) is 1.33. The van der Waals surface area contributed by atoms with Crippen LogP contribution in [0.4, 0.5) is 29.4 Å². The van der Waals surface area contributed by atoms with E-state index in [1.807, 2.05) is 6.92 Å². The second-order valence-corrected chi connectivity index (χ2v) is 11.6. The minimum absolute atomic E-state index is 0.0146. The number of aryl methyl sites for hydroxylation is 1. The molecule has 14 heteroatoms. The van der Waals surface area contributed by atoms with Crippen LogP contribution in [0.2, 0.25) is 0 Å². The smallest absolute Gasteiger partial charge is 0.391 e. The second-order valence-electron chi connectivity index (χ2n) is 10.4. The number of piperidine rings is 2. The van der Waals surface area contributed by atoms with Crippen molar-refractivity contribution in [2.75, 3.05) is 43.4 Å². The number of aromatic nitrogens is 3. The molecule has 0 aromatic carbocycles. The van der Waals surface area contributed by atoms with E-state index in [2.05, 4.69) is 30.9 Å². The number of anilines is 2. The summed E-state index contributed by atoms with van der Waals surface area (Å²) < 4.78 is 35.1. The molecule has 3 fully saturated rings. The number of thiazole rings is 1. The van der Waals surface area contributed by atoms with Gasteiger partial charge in [-0.3, -0.25) is 5.32 Å². The summed E-state index contributed by atoms with van der Waals surface area (Å²) in [5.74, 6) is -2.93. The number of nitrogens with one attached hydrogen (secondary N) is 3. The fraction of sp³-hybridized carbons (Fsp3) is 0.625. The Labute approximate surface area is 223 Å². The maximum absolute atomic E-state index is 14.9. The molecule has 1 atom stereocenters. The molecule has 1 aliphatic carbocycles. The highest BCUT2D eigenvalue weighted by atomic mass is 32.1. The van der Waals surface area contributed by atoms with Crippen molar-refractivity contribution < 1.29 is 23.1 Å². The fourth-order valence-electron chi connectivity index (χ4n) is 5.49. The van der Waals surface area contributed by atoms with Crippen molar-refractivity contribution in [3.63, 3.8) is 0 Å². The molecule has 2 saturated heterocycles. The third-order valence-electron chi connectivity index (χ3n) is 7.66. The van der Waals surface area contributed by atoms with Gasteiger partial charge in [0.2, 0.25) is 11.8 Å². The molecule has 0 radical (unpaired) electrons. The van der Waals surface area contributed by atoms with Gasteiger partial charge in [0.05, 0.1) is 0 Å². The van der Waals surface area contributed by atoms with Crippen molar-refractivity contribution in [1.29, 1.82) is 0 Å². The number of rotatable bonds is 5. The van der Waals surface area contributed by atoms with E-state index >= 15 is 0 Å². The molecule has 1 saturated carbocycles. The zero-order valence-electron chi connectivity index (χ0n) is 21.4. The predicted octanol–water partition coefficient (Wildman–Crippen LogP) is 3.24. The molecular formula is C24H32F2N8O3S. The number of amides is 3. The number of alkyl halides is 2. The van der Waals surface area contributed by atoms with Crippen molar-refractivity contribution in [2.24, 2.45) is 5.41 Å². The number of nitrogens with zero attached hydrogens (tertiary/aromatic N) is 5. The van der Waals surface area contributed by atoms with Crippen LogP contribution in [0.15, 0.2) is 18.5 Å². The largest absolute Gasteiger partial charge is 0.414 e. The molecule has 3 aliphatic rings. The molecule has 5 rings (SSSR count). The van der Waals surface area contributed by atoms with Crippen LogP contribution >= 0.6 is 11.3 Å². The number of urea groups is 1. The monoisotopic (exact) mass is 550 g/mol. The SMILES string of the molecule is Cc1cnc(NC(=O)N(C)[C@H]2CN(c3nccc(OC(=O)NC4CC5(CCNCC5)C4)n3)CCC2(F)F)s1. The molecule has 4 heterocycles. The lowest BCUT2D eigenvalue weighted by molar-refractivity contribution is -0.0760. The average Bonchev–Trinajstić information content (AvgIpc) is 3.27. The molecule has 2 aromatic heterocycles. The second kappa shape index (κ2) is 10.6. The van der Waals surface area contributed by atoms with Gasteiger partial charge in [0.15, 0.2) is 5.13 Å². The number of likely N-dealkylation sites (N-methyl/N-ethyl adjacent to an activating group) is 1. The number of carbonyl (C=O) groups is 2. The van der Waals surface area contributed by atoms with Crippen LogP contribution in [0.5, 0.6) is 5.88 Å². The Bertz CT molecular complexity index is 1170. The van der Waals surface area contributed by atoms with Gasteiger partial charge in [-0.25, -0.2) is 28.3 Å². The van der Waals surface area contributed by atoms with Gasteiger partial charge in [0.1, 0.15) is 6.04 Å². The third kappa shape index (κ3) is 5.80. The zero-order valence-corrected chi connectivity index (χ0v) is 22.2. The number of hydrogen-bond donors (Lipinski definition) is 3. The highest BCUT2D eigenvalue weighted by Gasteiger charge is 2.48. The minimum atomic E-state index is -3.11. The van der Waals surface area contributed by atoms with E-state index in [-0.39, 0.29) is 31.0 Å². The van der Waals surface area contributed by atoms with E-state index in [0.717, 1.165) is 48.5 Å². The van der Waals surface area contributed by atoms with E-state index in [0.29, 0.717) is 10.5 Å². The zero-order chi connectivity index (χ0) is 26.9. The van der Waals surface area contributed by atoms with Gasteiger partial charge in [0.25, 0.3) is 5.92 Å². The lowest BCUT2D eigenvalue weighted by atomic mass is 9.61. The number of ether oxygens (including phenoxy) is 1. The van der Waals surface area contributed by atoms with E-state index in [9.17, 15) is 18.4 Å². The topological polar surface area (TPSA) is 125 Å². The van der Waals surface area contributed by atoms with Crippen molar-refractivity contribution in [2.45, 2.75) is 57.0 Å². The van der Waals surface area contributed by atoms with Crippen LogP contribution in [-0.4, -0.2) is 83.2 Å². The summed E-state index contributed by atoms with van der Waals surface area (Å²) in [5, 5.41) is 9.17. The standard InChI is InChI=1S/C24H32F2N8O3S/c1-15-13-29-20(38-15)32-21(35)33(2)17-14-34(10-6-24(17,25)26)19-28-7-3-18(31-19)37-22(36)30-16-11-23(12-16)4-8-27-9-5-23/h3,7,13,16-17,27H,4-6,8-12,14H2,1-2H3,(H,30,36)(H,29,32,35)/t17-/m0/s1. The Morgan fingerprint density at radius 3 is 2.71 bits per heavy atom. The van der Waals surface area contributed by atoms with Gasteiger partial charge in [0, 0.05) is 55.9 Å². The molecular weight excluding hydrogens is 518 g/mol. The summed E-state index contributed by atoms with van der Waals surface area (Å²) in [6.45, 7) is 3.65. The quantitative estimate of drug-likeness (QED) is 0.518. The maximum Gasteiger partial charge on any atom is 0.414 e. The average molecular weight is 551 g/mol. The van der Waals surface area contributed by atoms with Crippen LogP contribution in [0.1, 0.15) is 37.0 Å². The van der Waals surface area contributed by atoms with Gasteiger partial charge >= 0.3 is 12.1 Å². The highest BCUT2D eigenvalue weighted by Crippen LogP contribution is 2.47. The minimum Gasteiger partial charge on any atom is -0.391 e. The van der Waals surface area contributed by atoms with Gasteiger partial charge in [-0.2, -0.15) is 4.98 Å². The molecule has 1 spiro atoms. The summed E-state index contributed by atoms with van der Waals surface area (Å²) >= 11 is 1.26. The molecule has 3 amide bonds. The first-order chi connectivity index (χ1) is 18.1. The first-order valence-electron chi connectivity index (χ1n) is 12.7. The van der Waals surface area contributed by atoms with E-state index in [1.165, 1.54) is 30.6 Å². The van der Waals surface area contributed by atoms with E-state index < -0.39 is 30.5 Å². The first-order valence-corrected chi connectivity index (χ1v) is 13.6. The molecule has 206 valence electrons. The Kier molecular flexibility index (Phi) is 7.36. The van der Waals surface area contributed by atoms with Crippen molar-refractivity contribution in [3.8, 4) is 5.88 Å². The summed E-state index contributed by atoms with van der Waals surface area (Å²) in [4.78, 5) is 41.1. The Morgan fingerprint density at radius 1 is 1.24 bits per heavy atom.